The van der Waals surface area contributed by atoms with Crippen molar-refractivity contribution in [3.63, 3.8) is 0 Å². The van der Waals surface area contributed by atoms with E-state index in [9.17, 15) is 4.39 Å². The van der Waals surface area contributed by atoms with Crippen molar-refractivity contribution in [1.29, 1.82) is 0 Å². The maximum Gasteiger partial charge on any atom is 0.277 e. The molecule has 1 aromatic carbocycles. The Morgan fingerprint density at radius 1 is 1.19 bits per heavy atom. The van der Waals surface area contributed by atoms with Gasteiger partial charge in [0.05, 0.1) is 5.41 Å². The zero-order valence-electron chi connectivity index (χ0n) is 11.5. The molecular weight excluding hydrogens is 291 g/mol. The molecule has 0 amide bonds. The van der Waals surface area contributed by atoms with E-state index < -0.39 is 5.41 Å². The first-order valence-electron chi connectivity index (χ1n) is 6.28. The second-order valence-corrected chi connectivity index (χ2v) is 6.02. The molecule has 0 saturated heterocycles. The molecule has 3 aromatic rings. The van der Waals surface area contributed by atoms with Crippen LogP contribution in [0.25, 0.3) is 11.6 Å². The van der Waals surface area contributed by atoms with Crippen LogP contribution in [0.15, 0.2) is 34.2 Å². The van der Waals surface area contributed by atoms with Crippen molar-refractivity contribution in [3.8, 4) is 11.6 Å². The molecule has 2 heterocycles. The van der Waals surface area contributed by atoms with E-state index >= 15 is 0 Å². The highest BCUT2D eigenvalue weighted by atomic mass is 32.1. The lowest BCUT2D eigenvalue weighted by atomic mass is 9.84. The number of rotatable bonds is 3. The molecule has 0 spiro atoms. The fourth-order valence-electron chi connectivity index (χ4n) is 1.96. The Hall–Kier alpha value is -2.28. The Morgan fingerprint density at radius 2 is 1.90 bits per heavy atom. The molecule has 2 N–H and O–H groups in total. The largest absolute Gasteiger partial charge is 0.375 e. The number of nitrogens with two attached hydrogens (primary N) is 1. The van der Waals surface area contributed by atoms with Crippen LogP contribution >= 0.6 is 11.3 Å². The Bertz CT molecular complexity index is 763. The van der Waals surface area contributed by atoms with Gasteiger partial charge in [-0.25, -0.2) is 9.37 Å². The molecule has 0 saturated carbocycles. The van der Waals surface area contributed by atoms with E-state index in [1.54, 1.807) is 17.5 Å². The molecule has 0 aliphatic heterocycles. The van der Waals surface area contributed by atoms with E-state index in [4.69, 9.17) is 10.3 Å². The summed E-state index contributed by atoms with van der Waals surface area (Å²) >= 11 is 1.31. The van der Waals surface area contributed by atoms with Gasteiger partial charge < -0.3 is 10.3 Å². The number of thiazole rings is 1. The summed E-state index contributed by atoms with van der Waals surface area (Å²) in [4.78, 5) is 8.49. The molecule has 0 unspecified atom stereocenters. The van der Waals surface area contributed by atoms with Crippen molar-refractivity contribution in [3.05, 3.63) is 46.9 Å². The summed E-state index contributed by atoms with van der Waals surface area (Å²) in [5.74, 6) is 0.560. The Balaban J connectivity index is 1.96. The van der Waals surface area contributed by atoms with Gasteiger partial charge in [0.15, 0.2) is 11.0 Å². The summed E-state index contributed by atoms with van der Waals surface area (Å²) in [7, 11) is 0. The first-order valence-corrected chi connectivity index (χ1v) is 7.16. The summed E-state index contributed by atoms with van der Waals surface area (Å²) in [6, 6.07) is 6.26. The molecule has 0 aliphatic rings. The molecule has 7 heteroatoms. The number of hydrogen-bond donors (Lipinski definition) is 1. The van der Waals surface area contributed by atoms with Crippen molar-refractivity contribution in [2.75, 3.05) is 5.73 Å². The molecule has 5 nitrogen and oxygen atoms in total. The third-order valence-electron chi connectivity index (χ3n) is 3.29. The average Bonchev–Trinajstić information content (AvgIpc) is 3.08. The van der Waals surface area contributed by atoms with Crippen LogP contribution in [0.2, 0.25) is 0 Å². The smallest absolute Gasteiger partial charge is 0.277 e. The van der Waals surface area contributed by atoms with E-state index in [0.717, 1.165) is 5.56 Å². The standard InChI is InChI=1S/C14H13FN4OS/c1-14(2,8-3-5-9(15)6-4-8)12-18-11(20-19-12)10-7-21-13(16)17-10/h3-7H,1-2H3,(H2,16,17). The zero-order chi connectivity index (χ0) is 15.0. The third kappa shape index (κ3) is 2.52. The van der Waals surface area contributed by atoms with E-state index in [-0.39, 0.29) is 5.82 Å². The molecule has 0 fully saturated rings. The van der Waals surface area contributed by atoms with E-state index in [0.29, 0.717) is 22.5 Å². The average molecular weight is 304 g/mol. The lowest BCUT2D eigenvalue weighted by Crippen LogP contribution is -2.20. The van der Waals surface area contributed by atoms with Crippen molar-refractivity contribution in [1.82, 2.24) is 15.1 Å². The molecule has 108 valence electrons. The molecule has 0 atom stereocenters. The molecule has 0 bridgehead atoms. The first kappa shape index (κ1) is 13.7. The summed E-state index contributed by atoms with van der Waals surface area (Å²) < 4.78 is 18.3. The van der Waals surface area contributed by atoms with Crippen molar-refractivity contribution in [2.24, 2.45) is 0 Å². The summed E-state index contributed by atoms with van der Waals surface area (Å²) in [5.41, 5.74) is 6.55. The SMILES string of the molecule is CC(C)(c1ccc(F)cc1)c1noc(-c2csc(N)n2)n1. The zero-order valence-corrected chi connectivity index (χ0v) is 12.3. The fraction of sp³-hybridized carbons (Fsp3) is 0.214. The Morgan fingerprint density at radius 3 is 2.52 bits per heavy atom. The first-order chi connectivity index (χ1) is 9.96. The van der Waals surface area contributed by atoms with Gasteiger partial charge in [-0.2, -0.15) is 4.98 Å². The summed E-state index contributed by atoms with van der Waals surface area (Å²) in [5, 5.41) is 6.22. The highest BCUT2D eigenvalue weighted by Gasteiger charge is 2.29. The van der Waals surface area contributed by atoms with Crippen LogP contribution in [0.3, 0.4) is 0 Å². The van der Waals surface area contributed by atoms with Crippen LogP contribution < -0.4 is 5.73 Å². The lowest BCUT2D eigenvalue weighted by molar-refractivity contribution is 0.407. The predicted molar refractivity (Wildman–Crippen MR) is 78.3 cm³/mol. The van der Waals surface area contributed by atoms with E-state index in [2.05, 4.69) is 15.1 Å². The van der Waals surface area contributed by atoms with Gasteiger partial charge in [0.1, 0.15) is 11.5 Å². The minimum Gasteiger partial charge on any atom is -0.375 e. The molecule has 0 aliphatic carbocycles. The van der Waals surface area contributed by atoms with Crippen molar-refractivity contribution >= 4 is 16.5 Å². The Kier molecular flexibility index (Phi) is 3.21. The minimum absolute atomic E-state index is 0.277. The second-order valence-electron chi connectivity index (χ2n) is 5.13. The van der Waals surface area contributed by atoms with Gasteiger partial charge in [0, 0.05) is 5.38 Å². The highest BCUT2D eigenvalue weighted by molar-refractivity contribution is 7.13. The van der Waals surface area contributed by atoms with Crippen LogP contribution in [0.5, 0.6) is 0 Å². The monoisotopic (exact) mass is 304 g/mol. The maximum atomic E-state index is 13.0. The number of nitrogens with zero attached hydrogens (tertiary/aromatic N) is 3. The summed E-state index contributed by atoms with van der Waals surface area (Å²) in [6.07, 6.45) is 0. The van der Waals surface area contributed by atoms with Crippen LogP contribution in [0.1, 0.15) is 25.2 Å². The number of nitrogen functional groups attached to an aromatic ring is 1. The molecule has 0 radical (unpaired) electrons. The molecule has 21 heavy (non-hydrogen) atoms. The lowest BCUT2D eigenvalue weighted by Gasteiger charge is -2.20. The van der Waals surface area contributed by atoms with Crippen LogP contribution in [-0.2, 0) is 5.41 Å². The number of hydrogen-bond acceptors (Lipinski definition) is 6. The van der Waals surface area contributed by atoms with Crippen molar-refractivity contribution in [2.45, 2.75) is 19.3 Å². The van der Waals surface area contributed by atoms with E-state index in [1.165, 1.54) is 23.5 Å². The van der Waals surface area contributed by atoms with Gasteiger partial charge in [-0.15, -0.1) is 11.3 Å². The van der Waals surface area contributed by atoms with Gasteiger partial charge in [-0.1, -0.05) is 17.3 Å². The molecular formula is C14H13FN4OS. The molecule has 3 rings (SSSR count). The van der Waals surface area contributed by atoms with Crippen LogP contribution in [0.4, 0.5) is 9.52 Å². The third-order valence-corrected chi connectivity index (χ3v) is 3.97. The number of halogens is 1. The highest BCUT2D eigenvalue weighted by Crippen LogP contribution is 2.31. The topological polar surface area (TPSA) is 77.8 Å². The second kappa shape index (κ2) is 4.92. The van der Waals surface area contributed by atoms with Crippen molar-refractivity contribution < 1.29 is 8.91 Å². The van der Waals surface area contributed by atoms with Gasteiger partial charge in [0.2, 0.25) is 0 Å². The van der Waals surface area contributed by atoms with Crippen LogP contribution in [0, 0.1) is 5.82 Å². The quantitative estimate of drug-likeness (QED) is 0.803. The Labute approximate surface area is 124 Å². The van der Waals surface area contributed by atoms with Gasteiger partial charge >= 0.3 is 0 Å². The van der Waals surface area contributed by atoms with Gasteiger partial charge in [-0.05, 0) is 31.5 Å². The van der Waals surface area contributed by atoms with Crippen LogP contribution in [-0.4, -0.2) is 15.1 Å². The van der Waals surface area contributed by atoms with E-state index in [1.807, 2.05) is 13.8 Å². The normalized spacial score (nSPS) is 11.8. The molecule has 2 aromatic heterocycles. The number of aromatic nitrogens is 3. The maximum absolute atomic E-state index is 13.0. The minimum atomic E-state index is -0.503. The van der Waals surface area contributed by atoms with Gasteiger partial charge in [-0.3, -0.25) is 0 Å². The van der Waals surface area contributed by atoms with Gasteiger partial charge in [0.25, 0.3) is 5.89 Å². The summed E-state index contributed by atoms with van der Waals surface area (Å²) in [6.45, 7) is 3.90. The number of benzene rings is 1. The number of anilines is 1. The fourth-order valence-corrected chi connectivity index (χ4v) is 2.50. The predicted octanol–water partition coefficient (Wildman–Crippen LogP) is 3.24.